The summed E-state index contributed by atoms with van der Waals surface area (Å²) in [5, 5.41) is 1.77. The van der Waals surface area contributed by atoms with E-state index < -0.39 is 0 Å². The number of benzene rings is 2. The van der Waals surface area contributed by atoms with E-state index in [0.29, 0.717) is 44.9 Å². The molecule has 3 heterocycles. The second kappa shape index (κ2) is 9.90. The molecule has 5 rings (SSSR count). The molecule has 180 valence electrons. The fourth-order valence-electron chi connectivity index (χ4n) is 4.28. The molecule has 0 fully saturated rings. The maximum atomic E-state index is 14.0. The zero-order valence-corrected chi connectivity index (χ0v) is 22.1. The molecular weight excluding hydrogens is 500 g/mol. The molecule has 35 heavy (non-hydrogen) atoms. The first-order chi connectivity index (χ1) is 16.8. The molecule has 0 bridgehead atoms. The summed E-state index contributed by atoms with van der Waals surface area (Å²) >= 11 is 8.76. The Morgan fingerprint density at radius 2 is 2.03 bits per heavy atom. The van der Waals surface area contributed by atoms with Crippen molar-refractivity contribution in [1.29, 1.82) is 0 Å². The van der Waals surface area contributed by atoms with Gasteiger partial charge in [-0.2, -0.15) is 0 Å². The fourth-order valence-corrected chi connectivity index (χ4v) is 6.47. The Morgan fingerprint density at radius 3 is 2.74 bits per heavy atom. The molecule has 0 spiro atoms. The zero-order chi connectivity index (χ0) is 24.7. The molecule has 0 saturated carbocycles. The number of carbonyl (C=O) groups excluding carboxylic acids is 1. The SMILES string of the molecule is Cc1cccc(-n2c(SCC(=O)c3ccc(Cl)cc3)nc3sc4c(c3c2=O)C[C@@H](C(C)C)OC4)c1. The fraction of sp³-hybridized carbons (Fsp3) is 0.296. The molecule has 1 aliphatic heterocycles. The third-order valence-corrected chi connectivity index (χ3v) is 8.50. The number of nitrogens with zero attached hydrogens (tertiary/aromatic N) is 2. The van der Waals surface area contributed by atoms with E-state index in [1.165, 1.54) is 23.1 Å². The zero-order valence-electron chi connectivity index (χ0n) is 19.7. The van der Waals surface area contributed by atoms with Crippen LogP contribution in [0, 0.1) is 12.8 Å². The van der Waals surface area contributed by atoms with Crippen molar-refractivity contribution in [2.75, 3.05) is 5.75 Å². The van der Waals surface area contributed by atoms with Gasteiger partial charge in [0.2, 0.25) is 0 Å². The predicted molar refractivity (Wildman–Crippen MR) is 144 cm³/mol. The number of aromatic nitrogens is 2. The van der Waals surface area contributed by atoms with Gasteiger partial charge in [-0.3, -0.25) is 14.2 Å². The Labute approximate surface area is 217 Å². The van der Waals surface area contributed by atoms with Crippen LogP contribution in [-0.2, 0) is 17.8 Å². The highest BCUT2D eigenvalue weighted by molar-refractivity contribution is 7.99. The highest BCUT2D eigenvalue weighted by Crippen LogP contribution is 2.36. The third kappa shape index (κ3) is 4.83. The summed E-state index contributed by atoms with van der Waals surface area (Å²) in [4.78, 5) is 33.5. The van der Waals surface area contributed by atoms with Crippen molar-refractivity contribution in [3.8, 4) is 5.69 Å². The van der Waals surface area contributed by atoms with Crippen molar-refractivity contribution in [3.63, 3.8) is 0 Å². The number of ketones is 1. The van der Waals surface area contributed by atoms with Gasteiger partial charge in [0.05, 0.1) is 29.5 Å². The summed E-state index contributed by atoms with van der Waals surface area (Å²) in [7, 11) is 0. The lowest BCUT2D eigenvalue weighted by Crippen LogP contribution is -2.28. The summed E-state index contributed by atoms with van der Waals surface area (Å²) < 4.78 is 7.70. The Hall–Kier alpha value is -2.45. The first-order valence-electron chi connectivity index (χ1n) is 11.5. The van der Waals surface area contributed by atoms with E-state index in [1.54, 1.807) is 28.8 Å². The molecule has 4 aromatic rings. The summed E-state index contributed by atoms with van der Waals surface area (Å²) in [5.74, 6) is 0.476. The number of thioether (sulfide) groups is 1. The van der Waals surface area contributed by atoms with Crippen molar-refractivity contribution in [2.45, 2.75) is 45.1 Å². The Balaban J connectivity index is 1.60. The number of hydrogen-bond acceptors (Lipinski definition) is 6. The van der Waals surface area contributed by atoms with E-state index in [0.717, 1.165) is 21.7 Å². The van der Waals surface area contributed by atoms with Crippen molar-refractivity contribution in [1.82, 2.24) is 9.55 Å². The van der Waals surface area contributed by atoms with E-state index in [9.17, 15) is 9.59 Å². The molecule has 0 amide bonds. The normalized spacial score (nSPS) is 15.5. The molecule has 0 radical (unpaired) electrons. The smallest absolute Gasteiger partial charge is 0.267 e. The molecule has 0 unspecified atom stereocenters. The highest BCUT2D eigenvalue weighted by atomic mass is 35.5. The summed E-state index contributed by atoms with van der Waals surface area (Å²) in [5.41, 5.74) is 3.34. The number of Topliss-reactive ketones (excluding diaryl/α,β-unsaturated/α-hetero) is 1. The number of ether oxygens (including phenoxy) is 1. The van der Waals surface area contributed by atoms with Crippen LogP contribution in [0.15, 0.2) is 58.5 Å². The van der Waals surface area contributed by atoms with Crippen LogP contribution in [0.2, 0.25) is 5.02 Å². The van der Waals surface area contributed by atoms with Gasteiger partial charge in [0.15, 0.2) is 10.9 Å². The van der Waals surface area contributed by atoms with Crippen molar-refractivity contribution in [2.24, 2.45) is 5.92 Å². The number of hydrogen-bond donors (Lipinski definition) is 0. The first-order valence-corrected chi connectivity index (χ1v) is 13.7. The van der Waals surface area contributed by atoms with Crippen LogP contribution in [0.5, 0.6) is 0 Å². The van der Waals surface area contributed by atoms with E-state index in [1.807, 2.05) is 31.2 Å². The second-order valence-corrected chi connectivity index (χ2v) is 11.5. The molecule has 0 N–H and O–H groups in total. The Kier molecular flexibility index (Phi) is 6.86. The van der Waals surface area contributed by atoms with Crippen LogP contribution in [-0.4, -0.2) is 27.2 Å². The molecule has 1 atom stereocenters. The van der Waals surface area contributed by atoms with E-state index in [2.05, 4.69) is 13.8 Å². The van der Waals surface area contributed by atoms with E-state index in [4.69, 9.17) is 21.3 Å². The monoisotopic (exact) mass is 524 g/mol. The summed E-state index contributed by atoms with van der Waals surface area (Å²) in [6.07, 6.45) is 0.789. The lowest BCUT2D eigenvalue weighted by molar-refractivity contribution is 0.00200. The van der Waals surface area contributed by atoms with Crippen LogP contribution >= 0.6 is 34.7 Å². The average Bonchev–Trinajstić information content (AvgIpc) is 3.20. The Bertz CT molecular complexity index is 1470. The molecule has 2 aromatic heterocycles. The molecule has 0 aliphatic carbocycles. The Morgan fingerprint density at radius 1 is 1.26 bits per heavy atom. The van der Waals surface area contributed by atoms with Gasteiger partial charge in [-0.25, -0.2) is 4.98 Å². The van der Waals surface area contributed by atoms with Crippen molar-refractivity contribution < 1.29 is 9.53 Å². The minimum absolute atomic E-state index is 0.0459. The third-order valence-electron chi connectivity index (χ3n) is 6.21. The van der Waals surface area contributed by atoms with Gasteiger partial charge in [-0.15, -0.1) is 11.3 Å². The minimum Gasteiger partial charge on any atom is -0.372 e. The number of rotatable bonds is 6. The van der Waals surface area contributed by atoms with E-state index in [-0.39, 0.29) is 23.2 Å². The van der Waals surface area contributed by atoms with Gasteiger partial charge in [0.1, 0.15) is 4.83 Å². The number of fused-ring (bicyclic) bond motifs is 3. The second-order valence-electron chi connectivity index (χ2n) is 9.07. The van der Waals surface area contributed by atoms with Crippen LogP contribution in [0.25, 0.3) is 15.9 Å². The van der Waals surface area contributed by atoms with E-state index >= 15 is 0 Å². The molecule has 8 heteroatoms. The van der Waals surface area contributed by atoms with Gasteiger partial charge in [-0.1, -0.05) is 49.3 Å². The maximum absolute atomic E-state index is 14.0. The highest BCUT2D eigenvalue weighted by Gasteiger charge is 2.29. The standard InChI is InChI=1S/C27H25ClN2O3S2/c1-15(2)22-12-20-23(13-33-22)35-25-24(20)26(32)30(19-6-4-5-16(3)11-19)27(29-25)34-14-21(31)17-7-9-18(28)10-8-17/h4-11,15,22H,12-14H2,1-3H3/t22-/m0/s1. The van der Waals surface area contributed by atoms with Crippen LogP contribution in [0.1, 0.15) is 40.2 Å². The van der Waals surface area contributed by atoms with Gasteiger partial charge in [0.25, 0.3) is 5.56 Å². The largest absolute Gasteiger partial charge is 0.372 e. The number of aryl methyl sites for hydroxylation is 1. The average molecular weight is 525 g/mol. The number of carbonyl (C=O) groups is 1. The lowest BCUT2D eigenvalue weighted by Gasteiger charge is -2.26. The lowest BCUT2D eigenvalue weighted by atomic mass is 9.96. The summed E-state index contributed by atoms with van der Waals surface area (Å²) in [6.45, 7) is 6.77. The molecular formula is C27H25ClN2O3S2. The minimum atomic E-state index is -0.0936. The van der Waals surface area contributed by atoms with Crippen molar-refractivity contribution in [3.05, 3.63) is 85.5 Å². The quantitative estimate of drug-likeness (QED) is 0.164. The van der Waals surface area contributed by atoms with Gasteiger partial charge < -0.3 is 4.74 Å². The number of thiophene rings is 1. The van der Waals surface area contributed by atoms with Crippen LogP contribution < -0.4 is 5.56 Å². The molecule has 5 nitrogen and oxygen atoms in total. The topological polar surface area (TPSA) is 61.2 Å². The predicted octanol–water partition coefficient (Wildman–Crippen LogP) is 6.48. The maximum Gasteiger partial charge on any atom is 0.267 e. The van der Waals surface area contributed by atoms with Gasteiger partial charge in [0, 0.05) is 21.9 Å². The number of halogens is 1. The first kappa shape index (κ1) is 24.3. The molecule has 1 aliphatic rings. The van der Waals surface area contributed by atoms with Crippen LogP contribution in [0.4, 0.5) is 0 Å². The molecule has 0 saturated heterocycles. The summed E-state index contributed by atoms with van der Waals surface area (Å²) in [6, 6.07) is 14.6. The van der Waals surface area contributed by atoms with Gasteiger partial charge >= 0.3 is 0 Å². The van der Waals surface area contributed by atoms with Crippen molar-refractivity contribution >= 4 is 50.7 Å². The van der Waals surface area contributed by atoms with Crippen LogP contribution in [0.3, 0.4) is 0 Å². The molecule has 2 aromatic carbocycles. The van der Waals surface area contributed by atoms with Gasteiger partial charge in [-0.05, 0) is 60.4 Å².